The van der Waals surface area contributed by atoms with Gasteiger partial charge in [0.1, 0.15) is 0 Å². The van der Waals surface area contributed by atoms with Crippen molar-refractivity contribution in [3.8, 4) is 5.75 Å². The van der Waals surface area contributed by atoms with Crippen LogP contribution in [0.5, 0.6) is 5.75 Å². The number of carboxylic acid groups (broad SMARTS) is 1. The third-order valence-electron chi connectivity index (χ3n) is 2.34. The number of phenols is 1. The van der Waals surface area contributed by atoms with Crippen LogP contribution in [-0.4, -0.2) is 16.2 Å². The summed E-state index contributed by atoms with van der Waals surface area (Å²) in [4.78, 5) is 10.5. The Hall–Kier alpha value is -1.58. The van der Waals surface area contributed by atoms with Crippen molar-refractivity contribution in [2.45, 2.75) is 19.8 Å². The molecule has 82 valence electrons. The van der Waals surface area contributed by atoms with Crippen LogP contribution in [0.25, 0.3) is 0 Å². The Balaban J connectivity index is 2.66. The lowest BCUT2D eigenvalue weighted by Crippen LogP contribution is -2.10. The molecule has 1 unspecified atom stereocenters. The SMILES string of the molecule is CC(CCc1cccc(F)c1O)C(=O)O. The van der Waals surface area contributed by atoms with Crippen LogP contribution < -0.4 is 0 Å². The molecule has 0 aromatic heterocycles. The fourth-order valence-corrected chi connectivity index (χ4v) is 1.26. The molecule has 0 heterocycles. The lowest BCUT2D eigenvalue weighted by atomic mass is 10.0. The van der Waals surface area contributed by atoms with Gasteiger partial charge in [0.15, 0.2) is 11.6 Å². The zero-order chi connectivity index (χ0) is 11.4. The number of aliphatic carboxylic acids is 1. The maximum atomic E-state index is 12.9. The molecule has 0 bridgehead atoms. The van der Waals surface area contributed by atoms with E-state index in [0.29, 0.717) is 18.4 Å². The van der Waals surface area contributed by atoms with Crippen molar-refractivity contribution in [2.75, 3.05) is 0 Å². The minimum atomic E-state index is -0.883. The number of carboxylic acids is 1. The van der Waals surface area contributed by atoms with Gasteiger partial charge in [-0.05, 0) is 24.5 Å². The second-order valence-electron chi connectivity index (χ2n) is 3.53. The molecule has 15 heavy (non-hydrogen) atoms. The van der Waals surface area contributed by atoms with Gasteiger partial charge in [0.2, 0.25) is 0 Å². The van der Waals surface area contributed by atoms with E-state index in [1.54, 1.807) is 13.0 Å². The molecule has 2 N–H and O–H groups in total. The Kier molecular flexibility index (Phi) is 3.66. The highest BCUT2D eigenvalue weighted by Gasteiger charge is 2.13. The van der Waals surface area contributed by atoms with Crippen molar-refractivity contribution < 1.29 is 19.4 Å². The van der Waals surface area contributed by atoms with E-state index in [1.807, 2.05) is 0 Å². The zero-order valence-electron chi connectivity index (χ0n) is 8.40. The van der Waals surface area contributed by atoms with Gasteiger partial charge in [-0.25, -0.2) is 4.39 Å². The van der Waals surface area contributed by atoms with Crippen molar-refractivity contribution >= 4 is 5.97 Å². The number of carbonyl (C=O) groups is 1. The van der Waals surface area contributed by atoms with E-state index in [-0.39, 0.29) is 5.75 Å². The third-order valence-corrected chi connectivity index (χ3v) is 2.34. The highest BCUT2D eigenvalue weighted by atomic mass is 19.1. The first-order valence-corrected chi connectivity index (χ1v) is 4.71. The molecule has 0 fully saturated rings. The molecule has 0 amide bonds. The van der Waals surface area contributed by atoms with Crippen LogP contribution in [0, 0.1) is 11.7 Å². The Morgan fingerprint density at radius 2 is 2.20 bits per heavy atom. The predicted octanol–water partition coefficient (Wildman–Crippen LogP) is 2.18. The lowest BCUT2D eigenvalue weighted by molar-refractivity contribution is -0.141. The molecule has 0 aliphatic carbocycles. The highest BCUT2D eigenvalue weighted by molar-refractivity contribution is 5.69. The average molecular weight is 212 g/mol. The summed E-state index contributed by atoms with van der Waals surface area (Å²) in [5.74, 6) is -2.43. The Bertz CT molecular complexity index is 363. The molecule has 0 radical (unpaired) electrons. The van der Waals surface area contributed by atoms with E-state index < -0.39 is 17.7 Å². The summed E-state index contributed by atoms with van der Waals surface area (Å²) in [5.41, 5.74) is 0.447. The molecule has 0 saturated carbocycles. The standard InChI is InChI=1S/C11H13FO3/c1-7(11(14)15)5-6-8-3-2-4-9(12)10(8)13/h2-4,7,13H,5-6H2,1H3,(H,14,15). The smallest absolute Gasteiger partial charge is 0.306 e. The van der Waals surface area contributed by atoms with Crippen molar-refractivity contribution in [1.82, 2.24) is 0 Å². The molecule has 0 aliphatic heterocycles. The van der Waals surface area contributed by atoms with Crippen LogP contribution in [0.2, 0.25) is 0 Å². The van der Waals surface area contributed by atoms with Crippen LogP contribution in [0.3, 0.4) is 0 Å². The van der Waals surface area contributed by atoms with Gasteiger partial charge < -0.3 is 10.2 Å². The fourth-order valence-electron chi connectivity index (χ4n) is 1.26. The summed E-state index contributed by atoms with van der Waals surface area (Å²) in [6.07, 6.45) is 0.739. The summed E-state index contributed by atoms with van der Waals surface area (Å²) in [6.45, 7) is 1.58. The minimum absolute atomic E-state index is 0.358. The second-order valence-corrected chi connectivity index (χ2v) is 3.53. The minimum Gasteiger partial charge on any atom is -0.505 e. The van der Waals surface area contributed by atoms with Crippen LogP contribution in [0.4, 0.5) is 4.39 Å². The molecule has 0 saturated heterocycles. The monoisotopic (exact) mass is 212 g/mol. The number of hydrogen-bond donors (Lipinski definition) is 2. The molecule has 1 aromatic rings. The van der Waals surface area contributed by atoms with Gasteiger partial charge in [-0.3, -0.25) is 4.79 Å². The number of rotatable bonds is 4. The van der Waals surface area contributed by atoms with Gasteiger partial charge >= 0.3 is 5.97 Å². The van der Waals surface area contributed by atoms with E-state index in [2.05, 4.69) is 0 Å². The number of aromatic hydroxyl groups is 1. The summed E-state index contributed by atoms with van der Waals surface area (Å²) < 4.78 is 12.9. The maximum absolute atomic E-state index is 12.9. The zero-order valence-corrected chi connectivity index (χ0v) is 8.40. The van der Waals surface area contributed by atoms with Crippen LogP contribution in [0.1, 0.15) is 18.9 Å². The summed E-state index contributed by atoms with van der Waals surface area (Å²) in [6, 6.07) is 4.25. The molecule has 0 spiro atoms. The van der Waals surface area contributed by atoms with Crippen LogP contribution in [0.15, 0.2) is 18.2 Å². The van der Waals surface area contributed by atoms with E-state index in [0.717, 1.165) is 0 Å². The lowest BCUT2D eigenvalue weighted by Gasteiger charge is -2.07. The van der Waals surface area contributed by atoms with Crippen LogP contribution in [-0.2, 0) is 11.2 Å². The molecule has 1 aromatic carbocycles. The van der Waals surface area contributed by atoms with Crippen molar-refractivity contribution in [3.05, 3.63) is 29.6 Å². The maximum Gasteiger partial charge on any atom is 0.306 e. The topological polar surface area (TPSA) is 57.5 Å². The number of halogens is 1. The molecule has 4 heteroatoms. The van der Waals surface area contributed by atoms with Gasteiger partial charge in [-0.2, -0.15) is 0 Å². The summed E-state index contributed by atoms with van der Waals surface area (Å²) in [5, 5.41) is 18.0. The summed E-state index contributed by atoms with van der Waals surface area (Å²) in [7, 11) is 0. The number of phenolic OH excluding ortho intramolecular Hbond substituents is 1. The Labute approximate surface area is 87.2 Å². The van der Waals surface area contributed by atoms with E-state index in [4.69, 9.17) is 5.11 Å². The van der Waals surface area contributed by atoms with Crippen molar-refractivity contribution in [3.63, 3.8) is 0 Å². The van der Waals surface area contributed by atoms with Gasteiger partial charge in [0.05, 0.1) is 5.92 Å². The average Bonchev–Trinajstić information content (AvgIpc) is 2.19. The van der Waals surface area contributed by atoms with Gasteiger partial charge in [0, 0.05) is 0 Å². The number of benzene rings is 1. The van der Waals surface area contributed by atoms with Gasteiger partial charge in [-0.1, -0.05) is 19.1 Å². The largest absolute Gasteiger partial charge is 0.505 e. The Morgan fingerprint density at radius 3 is 2.80 bits per heavy atom. The third kappa shape index (κ3) is 2.94. The van der Waals surface area contributed by atoms with E-state index >= 15 is 0 Å². The highest BCUT2D eigenvalue weighted by Crippen LogP contribution is 2.23. The first kappa shape index (κ1) is 11.5. The number of aryl methyl sites for hydroxylation is 1. The fraction of sp³-hybridized carbons (Fsp3) is 0.364. The van der Waals surface area contributed by atoms with Gasteiger partial charge in [0.25, 0.3) is 0 Å². The molecule has 3 nitrogen and oxygen atoms in total. The molecular weight excluding hydrogens is 199 g/mol. The molecular formula is C11H13FO3. The molecule has 0 aliphatic rings. The number of hydrogen-bond acceptors (Lipinski definition) is 2. The Morgan fingerprint density at radius 1 is 1.53 bits per heavy atom. The van der Waals surface area contributed by atoms with E-state index in [9.17, 15) is 14.3 Å². The molecule has 1 rings (SSSR count). The first-order chi connectivity index (χ1) is 7.02. The summed E-state index contributed by atoms with van der Waals surface area (Å²) >= 11 is 0. The van der Waals surface area contributed by atoms with Crippen LogP contribution >= 0.6 is 0 Å². The molecule has 1 atom stereocenters. The second kappa shape index (κ2) is 4.77. The number of para-hydroxylation sites is 1. The predicted molar refractivity (Wildman–Crippen MR) is 53.2 cm³/mol. The van der Waals surface area contributed by atoms with Gasteiger partial charge in [-0.15, -0.1) is 0 Å². The van der Waals surface area contributed by atoms with E-state index in [1.165, 1.54) is 12.1 Å². The van der Waals surface area contributed by atoms with Crippen molar-refractivity contribution in [1.29, 1.82) is 0 Å². The quantitative estimate of drug-likeness (QED) is 0.804. The first-order valence-electron chi connectivity index (χ1n) is 4.71. The van der Waals surface area contributed by atoms with Crippen molar-refractivity contribution in [2.24, 2.45) is 5.92 Å². The normalized spacial score (nSPS) is 12.4.